The molecule has 0 aliphatic heterocycles. The van der Waals surface area contributed by atoms with Gasteiger partial charge in [-0.2, -0.15) is 5.11 Å². The third kappa shape index (κ3) is 3.47. The molecule has 2 aromatic heterocycles. The Balaban J connectivity index is 1.40. The lowest BCUT2D eigenvalue weighted by molar-refractivity contribution is 0.0995. The van der Waals surface area contributed by atoms with Crippen LogP contribution in [0.15, 0.2) is 93.3 Å². The van der Waals surface area contributed by atoms with Crippen LogP contribution in [0, 0.1) is 0 Å². The topological polar surface area (TPSA) is 139 Å². The van der Waals surface area contributed by atoms with Crippen LogP contribution in [-0.4, -0.2) is 26.1 Å². The summed E-state index contributed by atoms with van der Waals surface area (Å²) in [5.41, 5.74) is 2.60. The summed E-state index contributed by atoms with van der Waals surface area (Å²) in [4.78, 5) is 18.2. The maximum absolute atomic E-state index is 12.5. The Hall–Kier alpha value is -4.79. The first-order valence-corrected chi connectivity index (χ1v) is 9.67. The molecule has 1 amide bonds. The van der Waals surface area contributed by atoms with Gasteiger partial charge < -0.3 is 20.2 Å². The standard InChI is InChI=1S/C23H16N6O3/c30-21(29-28-20-16-9-2-4-11-18(16)25-23(20)32)13-6-5-7-14(12-13)26-27-19-15-8-1-3-10-17(15)24-22(19)31/h1-12,24-25,31-32H. The summed E-state index contributed by atoms with van der Waals surface area (Å²) in [7, 11) is 0. The molecular weight excluding hydrogens is 408 g/mol. The zero-order chi connectivity index (χ0) is 22.1. The normalized spacial score (nSPS) is 11.9. The number of aromatic hydroxyl groups is 2. The van der Waals surface area contributed by atoms with E-state index in [4.69, 9.17) is 0 Å². The monoisotopic (exact) mass is 424 g/mol. The van der Waals surface area contributed by atoms with Crippen molar-refractivity contribution >= 4 is 44.8 Å². The first kappa shape index (κ1) is 19.2. The van der Waals surface area contributed by atoms with Crippen LogP contribution in [-0.2, 0) is 0 Å². The van der Waals surface area contributed by atoms with E-state index in [9.17, 15) is 15.0 Å². The van der Waals surface area contributed by atoms with E-state index in [0.29, 0.717) is 22.3 Å². The van der Waals surface area contributed by atoms with Gasteiger partial charge in [0, 0.05) is 16.3 Å². The molecule has 9 heteroatoms. The molecule has 3 aromatic carbocycles. The van der Waals surface area contributed by atoms with Crippen molar-refractivity contribution in [2.24, 2.45) is 20.5 Å². The molecular formula is C23H16N6O3. The minimum absolute atomic E-state index is 0.0884. The van der Waals surface area contributed by atoms with Gasteiger partial charge in [-0.3, -0.25) is 4.79 Å². The summed E-state index contributed by atoms with van der Waals surface area (Å²) in [6, 6.07) is 20.9. The zero-order valence-electron chi connectivity index (χ0n) is 16.5. The summed E-state index contributed by atoms with van der Waals surface area (Å²) in [6.45, 7) is 0. The number of H-pyrrole nitrogens is 2. The van der Waals surface area contributed by atoms with Crippen LogP contribution in [0.3, 0.4) is 0 Å². The average Bonchev–Trinajstić information content (AvgIpc) is 3.31. The first-order valence-electron chi connectivity index (χ1n) is 9.67. The van der Waals surface area contributed by atoms with Crippen molar-refractivity contribution < 1.29 is 15.0 Å². The van der Waals surface area contributed by atoms with Crippen LogP contribution in [0.5, 0.6) is 11.8 Å². The number of amides is 1. The highest BCUT2D eigenvalue weighted by Gasteiger charge is 2.12. The number of nitrogens with one attached hydrogen (secondary N) is 2. The van der Waals surface area contributed by atoms with Crippen LogP contribution in [0.1, 0.15) is 10.4 Å². The molecule has 9 nitrogen and oxygen atoms in total. The predicted molar refractivity (Wildman–Crippen MR) is 119 cm³/mol. The van der Waals surface area contributed by atoms with E-state index in [1.165, 1.54) is 6.07 Å². The summed E-state index contributed by atoms with van der Waals surface area (Å²) < 4.78 is 0. The molecule has 32 heavy (non-hydrogen) atoms. The van der Waals surface area contributed by atoms with E-state index in [-0.39, 0.29) is 23.0 Å². The second kappa shape index (κ2) is 7.80. The Morgan fingerprint density at radius 2 is 1.28 bits per heavy atom. The molecule has 0 atom stereocenters. The Morgan fingerprint density at radius 1 is 0.688 bits per heavy atom. The number of fused-ring (bicyclic) bond motifs is 2. The molecule has 0 bridgehead atoms. The lowest BCUT2D eigenvalue weighted by atomic mass is 10.2. The molecule has 0 radical (unpaired) electrons. The fourth-order valence-corrected chi connectivity index (χ4v) is 3.39. The number of hydrogen-bond acceptors (Lipinski definition) is 6. The van der Waals surface area contributed by atoms with Gasteiger partial charge in [0.15, 0.2) is 11.4 Å². The molecule has 2 heterocycles. The predicted octanol–water partition coefficient (Wildman–Crippen LogP) is 6.40. The van der Waals surface area contributed by atoms with E-state index in [0.717, 1.165) is 10.9 Å². The molecule has 0 fully saturated rings. The first-order chi connectivity index (χ1) is 15.6. The van der Waals surface area contributed by atoms with Gasteiger partial charge in [0.05, 0.1) is 16.7 Å². The average molecular weight is 424 g/mol. The summed E-state index contributed by atoms with van der Waals surface area (Å²) >= 11 is 0. The molecule has 0 aliphatic rings. The van der Waals surface area contributed by atoms with Crippen molar-refractivity contribution in [3.8, 4) is 11.8 Å². The van der Waals surface area contributed by atoms with Gasteiger partial charge in [0.1, 0.15) is 0 Å². The van der Waals surface area contributed by atoms with Crippen molar-refractivity contribution in [1.29, 1.82) is 0 Å². The van der Waals surface area contributed by atoms with Gasteiger partial charge in [-0.15, -0.1) is 15.3 Å². The number of aromatic nitrogens is 2. The third-order valence-corrected chi connectivity index (χ3v) is 4.92. The molecule has 0 saturated carbocycles. The summed E-state index contributed by atoms with van der Waals surface area (Å²) in [5, 5.41) is 37.5. The van der Waals surface area contributed by atoms with Crippen molar-refractivity contribution in [2.75, 3.05) is 0 Å². The second-order valence-corrected chi connectivity index (χ2v) is 6.99. The Labute approximate surface area is 180 Å². The number of carbonyl (C=O) groups excluding carboxylic acids is 1. The highest BCUT2D eigenvalue weighted by atomic mass is 16.3. The Kier molecular flexibility index (Phi) is 4.68. The van der Waals surface area contributed by atoms with Gasteiger partial charge >= 0.3 is 0 Å². The number of nitrogens with zero attached hydrogens (tertiary/aromatic N) is 4. The number of para-hydroxylation sites is 2. The van der Waals surface area contributed by atoms with Gasteiger partial charge in [0.25, 0.3) is 5.91 Å². The lowest BCUT2D eigenvalue weighted by Gasteiger charge is -1.97. The van der Waals surface area contributed by atoms with E-state index < -0.39 is 5.91 Å². The van der Waals surface area contributed by atoms with Crippen molar-refractivity contribution in [3.05, 3.63) is 78.4 Å². The smallest absolute Gasteiger partial charge is 0.295 e. The molecule has 0 spiro atoms. The van der Waals surface area contributed by atoms with E-state index in [1.54, 1.807) is 36.4 Å². The van der Waals surface area contributed by atoms with Gasteiger partial charge in [0.2, 0.25) is 11.8 Å². The quantitative estimate of drug-likeness (QED) is 0.248. The number of azo groups is 2. The highest BCUT2D eigenvalue weighted by molar-refractivity contribution is 5.97. The third-order valence-electron chi connectivity index (χ3n) is 4.92. The van der Waals surface area contributed by atoms with Crippen molar-refractivity contribution in [1.82, 2.24) is 9.97 Å². The van der Waals surface area contributed by atoms with Crippen molar-refractivity contribution in [3.63, 3.8) is 0 Å². The fourth-order valence-electron chi connectivity index (χ4n) is 3.39. The van der Waals surface area contributed by atoms with Crippen LogP contribution in [0.25, 0.3) is 21.8 Å². The molecule has 156 valence electrons. The number of hydrogen-bond donors (Lipinski definition) is 4. The van der Waals surface area contributed by atoms with E-state index >= 15 is 0 Å². The summed E-state index contributed by atoms with van der Waals surface area (Å²) in [5.74, 6) is -0.847. The van der Waals surface area contributed by atoms with Crippen LogP contribution >= 0.6 is 0 Å². The molecule has 4 N–H and O–H groups in total. The Bertz CT molecular complexity index is 1530. The highest BCUT2D eigenvalue weighted by Crippen LogP contribution is 2.37. The maximum atomic E-state index is 12.5. The van der Waals surface area contributed by atoms with Crippen LogP contribution in [0.2, 0.25) is 0 Å². The van der Waals surface area contributed by atoms with Gasteiger partial charge in [-0.05, 0) is 30.3 Å². The number of benzene rings is 3. The van der Waals surface area contributed by atoms with Crippen molar-refractivity contribution in [2.45, 2.75) is 0 Å². The molecule has 0 saturated heterocycles. The van der Waals surface area contributed by atoms with Gasteiger partial charge in [-0.25, -0.2) is 0 Å². The fraction of sp³-hybridized carbons (Fsp3) is 0. The molecule has 0 unspecified atom stereocenters. The SMILES string of the molecule is O=C(N=Nc1c(O)[nH]c2ccccc12)c1cccc(N=Nc2c(O)[nH]c3ccccc23)c1. The molecule has 5 rings (SSSR count). The lowest BCUT2D eigenvalue weighted by Crippen LogP contribution is -1.92. The zero-order valence-corrected chi connectivity index (χ0v) is 16.5. The summed E-state index contributed by atoms with van der Waals surface area (Å²) in [6.07, 6.45) is 0. The van der Waals surface area contributed by atoms with Gasteiger partial charge in [-0.1, -0.05) is 42.5 Å². The number of carbonyl (C=O) groups is 1. The van der Waals surface area contributed by atoms with Crippen LogP contribution < -0.4 is 0 Å². The Morgan fingerprint density at radius 3 is 1.94 bits per heavy atom. The minimum atomic E-state index is -0.596. The van der Waals surface area contributed by atoms with E-state index in [1.807, 2.05) is 30.3 Å². The number of rotatable bonds is 4. The second-order valence-electron chi connectivity index (χ2n) is 6.99. The molecule has 5 aromatic rings. The van der Waals surface area contributed by atoms with Crippen LogP contribution in [0.4, 0.5) is 17.1 Å². The largest absolute Gasteiger partial charge is 0.493 e. The maximum Gasteiger partial charge on any atom is 0.295 e. The number of aromatic amines is 2. The molecule has 0 aliphatic carbocycles. The minimum Gasteiger partial charge on any atom is -0.493 e. The van der Waals surface area contributed by atoms with E-state index in [2.05, 4.69) is 30.4 Å².